The predicted molar refractivity (Wildman–Crippen MR) is 63.0 cm³/mol. The molecule has 0 amide bonds. The van der Waals surface area contributed by atoms with Crippen LogP contribution < -0.4 is 4.90 Å². The van der Waals surface area contributed by atoms with Gasteiger partial charge in [0.1, 0.15) is 5.82 Å². The third kappa shape index (κ3) is 2.53. The monoisotopic (exact) mass is 223 g/mol. The van der Waals surface area contributed by atoms with Crippen LogP contribution in [-0.2, 0) is 0 Å². The molecule has 3 heteroatoms. The number of hydrogen-bond donors (Lipinski definition) is 1. The maximum Gasteiger partial charge on any atom is 0.146 e. The molecule has 1 aliphatic carbocycles. The van der Waals surface area contributed by atoms with E-state index in [1.165, 1.54) is 6.07 Å². The van der Waals surface area contributed by atoms with Crippen LogP contribution in [0.2, 0.25) is 0 Å². The van der Waals surface area contributed by atoms with Gasteiger partial charge in [-0.15, -0.1) is 0 Å². The van der Waals surface area contributed by atoms with Gasteiger partial charge in [0.25, 0.3) is 0 Å². The van der Waals surface area contributed by atoms with Gasteiger partial charge in [-0.25, -0.2) is 4.39 Å². The molecule has 1 N–H and O–H groups in total. The first-order chi connectivity index (χ1) is 7.72. The fourth-order valence-corrected chi connectivity index (χ4v) is 1.96. The SMILES string of the molecule is CCN(CC(O)C1CC1)c1ccccc1F. The summed E-state index contributed by atoms with van der Waals surface area (Å²) < 4.78 is 13.6. The second-order valence-corrected chi connectivity index (χ2v) is 4.39. The average molecular weight is 223 g/mol. The summed E-state index contributed by atoms with van der Waals surface area (Å²) >= 11 is 0. The van der Waals surface area contributed by atoms with Gasteiger partial charge < -0.3 is 10.0 Å². The number of para-hydroxylation sites is 1. The van der Waals surface area contributed by atoms with E-state index in [0.717, 1.165) is 12.8 Å². The molecule has 1 saturated carbocycles. The van der Waals surface area contributed by atoms with Crippen LogP contribution in [0.15, 0.2) is 24.3 Å². The maximum atomic E-state index is 13.6. The molecular weight excluding hydrogens is 205 g/mol. The van der Waals surface area contributed by atoms with Gasteiger partial charge in [0, 0.05) is 13.1 Å². The standard InChI is InChI=1S/C13H18FNO/c1-2-15(9-13(16)10-7-8-10)12-6-4-3-5-11(12)14/h3-6,10,13,16H,2,7-9H2,1H3. The number of halogens is 1. The van der Waals surface area contributed by atoms with Crippen LogP contribution >= 0.6 is 0 Å². The van der Waals surface area contributed by atoms with E-state index in [4.69, 9.17) is 0 Å². The van der Waals surface area contributed by atoms with Gasteiger partial charge in [-0.3, -0.25) is 0 Å². The summed E-state index contributed by atoms with van der Waals surface area (Å²) in [4.78, 5) is 1.90. The van der Waals surface area contributed by atoms with Gasteiger partial charge in [0.15, 0.2) is 0 Å². The smallest absolute Gasteiger partial charge is 0.146 e. The van der Waals surface area contributed by atoms with Crippen LogP contribution in [0.1, 0.15) is 19.8 Å². The zero-order valence-electron chi connectivity index (χ0n) is 9.56. The number of nitrogens with zero attached hydrogens (tertiary/aromatic N) is 1. The minimum Gasteiger partial charge on any atom is -0.391 e. The number of aliphatic hydroxyl groups excluding tert-OH is 1. The van der Waals surface area contributed by atoms with Crippen LogP contribution in [-0.4, -0.2) is 24.3 Å². The largest absolute Gasteiger partial charge is 0.391 e. The van der Waals surface area contributed by atoms with E-state index < -0.39 is 0 Å². The van der Waals surface area contributed by atoms with E-state index in [1.807, 2.05) is 17.9 Å². The molecule has 16 heavy (non-hydrogen) atoms. The number of aliphatic hydroxyl groups is 1. The Hall–Kier alpha value is -1.09. The minimum atomic E-state index is -0.320. The molecule has 2 rings (SSSR count). The number of benzene rings is 1. The Balaban J connectivity index is 2.06. The molecule has 0 heterocycles. The highest BCUT2D eigenvalue weighted by molar-refractivity contribution is 5.47. The van der Waals surface area contributed by atoms with Crippen molar-refractivity contribution in [2.75, 3.05) is 18.0 Å². The molecule has 0 spiro atoms. The predicted octanol–water partition coefficient (Wildman–Crippen LogP) is 2.42. The lowest BCUT2D eigenvalue weighted by Crippen LogP contribution is -2.34. The van der Waals surface area contributed by atoms with E-state index in [-0.39, 0.29) is 11.9 Å². The molecule has 0 radical (unpaired) electrons. The molecule has 1 aliphatic rings. The first kappa shape index (κ1) is 11.4. The van der Waals surface area contributed by atoms with Crippen LogP contribution in [0.4, 0.5) is 10.1 Å². The van der Waals surface area contributed by atoms with E-state index in [9.17, 15) is 9.50 Å². The van der Waals surface area contributed by atoms with Crippen molar-refractivity contribution in [3.63, 3.8) is 0 Å². The van der Waals surface area contributed by atoms with Crippen LogP contribution in [0.25, 0.3) is 0 Å². The highest BCUT2D eigenvalue weighted by Crippen LogP contribution is 2.33. The van der Waals surface area contributed by atoms with Gasteiger partial charge in [0.2, 0.25) is 0 Å². The van der Waals surface area contributed by atoms with Gasteiger partial charge in [-0.1, -0.05) is 12.1 Å². The number of rotatable bonds is 5. The summed E-state index contributed by atoms with van der Waals surface area (Å²) in [5, 5.41) is 9.88. The summed E-state index contributed by atoms with van der Waals surface area (Å²) in [7, 11) is 0. The van der Waals surface area contributed by atoms with Crippen molar-refractivity contribution in [1.82, 2.24) is 0 Å². The summed E-state index contributed by atoms with van der Waals surface area (Å²) in [6, 6.07) is 6.73. The Bertz CT molecular complexity index is 352. The lowest BCUT2D eigenvalue weighted by Gasteiger charge is -2.26. The summed E-state index contributed by atoms with van der Waals surface area (Å²) in [5.74, 6) is 0.216. The normalized spacial score (nSPS) is 17.2. The van der Waals surface area contributed by atoms with Gasteiger partial charge in [-0.2, -0.15) is 0 Å². The maximum absolute atomic E-state index is 13.6. The van der Waals surface area contributed by atoms with E-state index in [1.54, 1.807) is 12.1 Å². The van der Waals surface area contributed by atoms with Gasteiger partial charge in [0.05, 0.1) is 11.8 Å². The molecule has 88 valence electrons. The topological polar surface area (TPSA) is 23.5 Å². The second kappa shape index (κ2) is 4.83. The van der Waals surface area contributed by atoms with Crippen LogP contribution in [0.3, 0.4) is 0 Å². The summed E-state index contributed by atoms with van der Waals surface area (Å²) in [6.45, 7) is 3.22. The molecule has 0 bridgehead atoms. The van der Waals surface area contributed by atoms with Crippen molar-refractivity contribution in [1.29, 1.82) is 0 Å². The molecule has 0 aromatic heterocycles. The van der Waals surface area contributed by atoms with Gasteiger partial charge >= 0.3 is 0 Å². The summed E-state index contributed by atoms with van der Waals surface area (Å²) in [6.07, 6.45) is 1.89. The Morgan fingerprint density at radius 2 is 2.12 bits per heavy atom. The first-order valence-electron chi connectivity index (χ1n) is 5.90. The third-order valence-corrected chi connectivity index (χ3v) is 3.15. The third-order valence-electron chi connectivity index (χ3n) is 3.15. The van der Waals surface area contributed by atoms with Gasteiger partial charge in [-0.05, 0) is 37.8 Å². The Morgan fingerprint density at radius 3 is 2.69 bits per heavy atom. The Kier molecular flexibility index (Phi) is 3.44. The highest BCUT2D eigenvalue weighted by atomic mass is 19.1. The van der Waals surface area contributed by atoms with Crippen molar-refractivity contribution < 1.29 is 9.50 Å². The minimum absolute atomic E-state index is 0.215. The fourth-order valence-electron chi connectivity index (χ4n) is 1.96. The molecule has 2 nitrogen and oxygen atoms in total. The highest BCUT2D eigenvalue weighted by Gasteiger charge is 2.31. The second-order valence-electron chi connectivity index (χ2n) is 4.39. The van der Waals surface area contributed by atoms with Crippen LogP contribution in [0, 0.1) is 11.7 Å². The Morgan fingerprint density at radius 1 is 1.44 bits per heavy atom. The van der Waals surface area contributed by atoms with Crippen LogP contribution in [0.5, 0.6) is 0 Å². The Labute approximate surface area is 95.7 Å². The molecule has 1 aromatic carbocycles. The van der Waals surface area contributed by atoms with E-state index in [2.05, 4.69) is 0 Å². The molecule has 1 aromatic rings. The van der Waals surface area contributed by atoms with Crippen molar-refractivity contribution in [2.24, 2.45) is 5.92 Å². The van der Waals surface area contributed by atoms with E-state index >= 15 is 0 Å². The fraction of sp³-hybridized carbons (Fsp3) is 0.538. The van der Waals surface area contributed by atoms with Crippen molar-refractivity contribution >= 4 is 5.69 Å². The molecule has 1 atom stereocenters. The molecular formula is C13H18FNO. The average Bonchev–Trinajstić information content (AvgIpc) is 3.10. The summed E-state index contributed by atoms with van der Waals surface area (Å²) in [5.41, 5.74) is 0.588. The molecule has 1 unspecified atom stereocenters. The number of likely N-dealkylation sites (N-methyl/N-ethyl adjacent to an activating group) is 1. The number of hydrogen-bond acceptors (Lipinski definition) is 2. The van der Waals surface area contributed by atoms with E-state index in [0.29, 0.717) is 24.7 Å². The first-order valence-corrected chi connectivity index (χ1v) is 5.90. The van der Waals surface area contributed by atoms with Crippen molar-refractivity contribution in [3.8, 4) is 0 Å². The zero-order valence-corrected chi connectivity index (χ0v) is 9.56. The number of anilines is 1. The van der Waals surface area contributed by atoms with Crippen molar-refractivity contribution in [3.05, 3.63) is 30.1 Å². The molecule has 0 saturated heterocycles. The molecule has 0 aliphatic heterocycles. The van der Waals surface area contributed by atoms with Crippen molar-refractivity contribution in [2.45, 2.75) is 25.9 Å². The lowest BCUT2D eigenvalue weighted by atomic mass is 10.2. The quantitative estimate of drug-likeness (QED) is 0.828. The zero-order chi connectivity index (χ0) is 11.5. The molecule has 1 fully saturated rings. The lowest BCUT2D eigenvalue weighted by molar-refractivity contribution is 0.157.